The Morgan fingerprint density at radius 1 is 1.13 bits per heavy atom. The number of unbranched alkanes of at least 4 members (excludes halogenated alkanes) is 1. The molecule has 2 rings (SSSR count). The normalized spacial score (nSPS) is 12.1. The highest BCUT2D eigenvalue weighted by atomic mass is 16.4. The van der Waals surface area contributed by atoms with Crippen LogP contribution in [-0.4, -0.2) is 17.1 Å². The molecule has 0 spiro atoms. The molecule has 0 saturated carbocycles. The van der Waals surface area contributed by atoms with Gasteiger partial charge >= 0.3 is 5.97 Å². The van der Waals surface area contributed by atoms with Gasteiger partial charge < -0.3 is 10.4 Å². The zero-order valence-electron chi connectivity index (χ0n) is 13.9. The number of aliphatic carboxylic acids is 1. The van der Waals surface area contributed by atoms with Crippen LogP contribution in [0.1, 0.15) is 37.3 Å². The molecule has 2 aromatic rings. The van der Waals surface area contributed by atoms with Crippen LogP contribution in [0.4, 0.5) is 0 Å². The average Bonchev–Trinajstić information content (AvgIpc) is 2.55. The highest BCUT2D eigenvalue weighted by Crippen LogP contribution is 2.21. The van der Waals surface area contributed by atoms with Gasteiger partial charge in [-0.1, -0.05) is 67.8 Å². The molecule has 23 heavy (non-hydrogen) atoms. The lowest BCUT2D eigenvalue weighted by atomic mass is 10.0. The van der Waals surface area contributed by atoms with E-state index in [1.165, 1.54) is 11.1 Å². The molecule has 3 nitrogen and oxygen atoms in total. The Hall–Kier alpha value is -2.13. The molecule has 2 aromatic carbocycles. The van der Waals surface area contributed by atoms with Crippen LogP contribution in [0.25, 0.3) is 11.1 Å². The van der Waals surface area contributed by atoms with Gasteiger partial charge in [0.05, 0.1) is 0 Å². The molecule has 2 N–H and O–H groups in total. The number of aryl methyl sites for hydroxylation is 1. The first-order valence-electron chi connectivity index (χ1n) is 8.22. The van der Waals surface area contributed by atoms with Gasteiger partial charge in [0.15, 0.2) is 0 Å². The Kier molecular flexibility index (Phi) is 6.36. The van der Waals surface area contributed by atoms with Crippen LogP contribution in [0.15, 0.2) is 48.5 Å². The van der Waals surface area contributed by atoms with E-state index >= 15 is 0 Å². The van der Waals surface area contributed by atoms with Crippen molar-refractivity contribution >= 4 is 5.97 Å². The molecular weight excluding hydrogens is 286 g/mol. The van der Waals surface area contributed by atoms with Gasteiger partial charge in [-0.3, -0.25) is 4.79 Å². The molecule has 0 aliphatic heterocycles. The third-order valence-electron chi connectivity index (χ3n) is 4.01. The highest BCUT2D eigenvalue weighted by molar-refractivity contribution is 5.73. The summed E-state index contributed by atoms with van der Waals surface area (Å²) < 4.78 is 0. The average molecular weight is 311 g/mol. The van der Waals surface area contributed by atoms with Gasteiger partial charge in [0.1, 0.15) is 6.04 Å². The van der Waals surface area contributed by atoms with Crippen molar-refractivity contribution in [3.63, 3.8) is 0 Å². The second kappa shape index (κ2) is 8.49. The molecule has 0 heterocycles. The number of benzene rings is 2. The van der Waals surface area contributed by atoms with Gasteiger partial charge in [0, 0.05) is 6.54 Å². The SMILES string of the molecule is CCCC[C@H](NCc1cccc(-c2ccc(C)cc2)c1)C(=O)O. The van der Waals surface area contributed by atoms with Crippen molar-refractivity contribution in [1.29, 1.82) is 0 Å². The molecule has 0 aliphatic carbocycles. The molecular formula is C20H25NO2. The van der Waals surface area contributed by atoms with Gasteiger partial charge in [-0.05, 0) is 36.1 Å². The maximum Gasteiger partial charge on any atom is 0.320 e. The van der Waals surface area contributed by atoms with Gasteiger partial charge in [-0.2, -0.15) is 0 Å². The van der Waals surface area contributed by atoms with Crippen molar-refractivity contribution < 1.29 is 9.90 Å². The summed E-state index contributed by atoms with van der Waals surface area (Å²) in [4.78, 5) is 11.3. The maximum absolute atomic E-state index is 11.3. The van der Waals surface area contributed by atoms with E-state index in [1.807, 2.05) is 12.1 Å². The number of hydrogen-bond donors (Lipinski definition) is 2. The lowest BCUT2D eigenvalue weighted by Gasteiger charge is -2.14. The number of carboxylic acids is 1. The lowest BCUT2D eigenvalue weighted by molar-refractivity contribution is -0.139. The minimum absolute atomic E-state index is 0.474. The minimum atomic E-state index is -0.770. The van der Waals surface area contributed by atoms with Gasteiger partial charge in [0.2, 0.25) is 0 Å². The van der Waals surface area contributed by atoms with E-state index in [2.05, 4.69) is 55.6 Å². The van der Waals surface area contributed by atoms with E-state index in [4.69, 9.17) is 0 Å². The van der Waals surface area contributed by atoms with Crippen molar-refractivity contribution in [1.82, 2.24) is 5.32 Å². The summed E-state index contributed by atoms with van der Waals surface area (Å²) >= 11 is 0. The standard InChI is InChI=1S/C20H25NO2/c1-3-4-8-19(20(22)23)21-14-16-6-5-7-18(13-16)17-11-9-15(2)10-12-17/h5-7,9-13,19,21H,3-4,8,14H2,1-2H3,(H,22,23)/t19-/m0/s1. The van der Waals surface area contributed by atoms with E-state index in [-0.39, 0.29) is 0 Å². The predicted molar refractivity (Wildman–Crippen MR) is 94.4 cm³/mol. The first-order valence-corrected chi connectivity index (χ1v) is 8.22. The zero-order valence-corrected chi connectivity index (χ0v) is 13.9. The third-order valence-corrected chi connectivity index (χ3v) is 4.01. The quantitative estimate of drug-likeness (QED) is 0.760. The summed E-state index contributed by atoms with van der Waals surface area (Å²) in [6, 6.07) is 16.2. The highest BCUT2D eigenvalue weighted by Gasteiger charge is 2.15. The van der Waals surface area contributed by atoms with E-state index in [9.17, 15) is 9.90 Å². The molecule has 0 aliphatic rings. The fourth-order valence-corrected chi connectivity index (χ4v) is 2.57. The number of nitrogens with one attached hydrogen (secondary N) is 1. The molecule has 0 amide bonds. The van der Waals surface area contributed by atoms with Crippen molar-refractivity contribution in [2.24, 2.45) is 0 Å². The van der Waals surface area contributed by atoms with Crippen LogP contribution in [0.3, 0.4) is 0 Å². The molecule has 0 bridgehead atoms. The molecule has 1 atom stereocenters. The second-order valence-corrected chi connectivity index (χ2v) is 5.98. The summed E-state index contributed by atoms with van der Waals surface area (Å²) in [5.74, 6) is -0.770. The molecule has 122 valence electrons. The zero-order chi connectivity index (χ0) is 16.7. The van der Waals surface area contributed by atoms with E-state index < -0.39 is 12.0 Å². The Bertz CT molecular complexity index is 634. The summed E-state index contributed by atoms with van der Waals surface area (Å²) in [6.07, 6.45) is 2.60. The van der Waals surface area contributed by atoms with E-state index in [0.717, 1.165) is 24.0 Å². The van der Waals surface area contributed by atoms with Crippen molar-refractivity contribution in [2.45, 2.75) is 45.7 Å². The number of carboxylic acid groups (broad SMARTS) is 1. The van der Waals surface area contributed by atoms with Gasteiger partial charge in [-0.15, -0.1) is 0 Å². The molecule has 3 heteroatoms. The second-order valence-electron chi connectivity index (χ2n) is 5.98. The minimum Gasteiger partial charge on any atom is -0.480 e. The van der Waals surface area contributed by atoms with E-state index in [1.54, 1.807) is 0 Å². The topological polar surface area (TPSA) is 49.3 Å². The van der Waals surface area contributed by atoms with Crippen LogP contribution in [0, 0.1) is 6.92 Å². The summed E-state index contributed by atoms with van der Waals surface area (Å²) in [6.45, 7) is 4.72. The largest absolute Gasteiger partial charge is 0.480 e. The predicted octanol–water partition coefficient (Wildman–Crippen LogP) is 4.40. The monoisotopic (exact) mass is 311 g/mol. The Labute approximate surface area is 138 Å². The Morgan fingerprint density at radius 2 is 1.87 bits per heavy atom. The van der Waals surface area contributed by atoms with Crippen LogP contribution >= 0.6 is 0 Å². The number of rotatable bonds is 8. The van der Waals surface area contributed by atoms with Crippen LogP contribution < -0.4 is 5.32 Å². The van der Waals surface area contributed by atoms with Crippen molar-refractivity contribution in [2.75, 3.05) is 0 Å². The smallest absolute Gasteiger partial charge is 0.320 e. The molecule has 0 saturated heterocycles. The molecule has 0 unspecified atom stereocenters. The number of carbonyl (C=O) groups is 1. The fraction of sp³-hybridized carbons (Fsp3) is 0.350. The van der Waals surface area contributed by atoms with Crippen molar-refractivity contribution in [3.8, 4) is 11.1 Å². The summed E-state index contributed by atoms with van der Waals surface area (Å²) in [5.41, 5.74) is 4.68. The van der Waals surface area contributed by atoms with E-state index in [0.29, 0.717) is 13.0 Å². The summed E-state index contributed by atoms with van der Waals surface area (Å²) in [7, 11) is 0. The third kappa shape index (κ3) is 5.22. The Balaban J connectivity index is 2.04. The molecule has 0 fully saturated rings. The lowest BCUT2D eigenvalue weighted by Crippen LogP contribution is -2.36. The summed E-state index contributed by atoms with van der Waals surface area (Å²) in [5, 5.41) is 12.4. The van der Waals surface area contributed by atoms with Crippen LogP contribution in [0.2, 0.25) is 0 Å². The van der Waals surface area contributed by atoms with Crippen LogP contribution in [0.5, 0.6) is 0 Å². The molecule has 0 radical (unpaired) electrons. The van der Waals surface area contributed by atoms with Gasteiger partial charge in [-0.25, -0.2) is 0 Å². The van der Waals surface area contributed by atoms with Crippen LogP contribution in [-0.2, 0) is 11.3 Å². The van der Waals surface area contributed by atoms with Gasteiger partial charge in [0.25, 0.3) is 0 Å². The fourth-order valence-electron chi connectivity index (χ4n) is 2.57. The first kappa shape index (κ1) is 17.2. The molecule has 0 aromatic heterocycles. The number of hydrogen-bond acceptors (Lipinski definition) is 2. The van der Waals surface area contributed by atoms with Crippen molar-refractivity contribution in [3.05, 3.63) is 59.7 Å². The Morgan fingerprint density at radius 3 is 2.52 bits per heavy atom. The first-order chi connectivity index (χ1) is 11.1. The maximum atomic E-state index is 11.3.